The first kappa shape index (κ1) is 17.4. The van der Waals surface area contributed by atoms with Gasteiger partial charge in [-0.2, -0.15) is 0 Å². The van der Waals surface area contributed by atoms with Crippen molar-refractivity contribution in [2.75, 3.05) is 26.2 Å². The van der Waals surface area contributed by atoms with Gasteiger partial charge in [-0.3, -0.25) is 9.80 Å². The Morgan fingerprint density at radius 3 is 1.57 bits per heavy atom. The first-order valence-electron chi connectivity index (χ1n) is 12.9. The highest BCUT2D eigenvalue weighted by molar-refractivity contribution is 5.13. The summed E-state index contributed by atoms with van der Waals surface area (Å²) in [6.07, 6.45) is 18.5. The second-order valence-electron chi connectivity index (χ2n) is 11.5. The van der Waals surface area contributed by atoms with Crippen LogP contribution in [0.5, 0.6) is 0 Å². The standard InChI is InChI=1S/C25H39N2O/c1-5-16-13-18-15-19-14-17-6-2-10-27-12-4-8-21(23(17)27)25(19)28-24(18)20-7-3-11-26(9-1)22(16)20/h15-25H,1-14H2/q+1. The van der Waals surface area contributed by atoms with Crippen LogP contribution in [0.1, 0.15) is 64.2 Å². The van der Waals surface area contributed by atoms with Crippen LogP contribution in [0.3, 0.4) is 0 Å². The number of piperidine rings is 4. The SMILES string of the molecule is [CH+]1C2CC3CCCN4CCCC(C2OC2C1CC1CCCN5CCCC2C15)C34. The average molecular weight is 384 g/mol. The summed E-state index contributed by atoms with van der Waals surface area (Å²) >= 11 is 0. The molecule has 3 heteroatoms. The third kappa shape index (κ3) is 2.48. The van der Waals surface area contributed by atoms with E-state index in [1.807, 2.05) is 0 Å². The first-order chi connectivity index (χ1) is 13.9. The minimum absolute atomic E-state index is 0.555. The summed E-state index contributed by atoms with van der Waals surface area (Å²) < 4.78 is 7.28. The minimum Gasteiger partial charge on any atom is -0.365 e. The molecule has 7 fully saturated rings. The summed E-state index contributed by atoms with van der Waals surface area (Å²) in [6, 6.07) is 1.73. The Balaban J connectivity index is 1.19. The zero-order chi connectivity index (χ0) is 18.2. The number of hydrogen-bond acceptors (Lipinski definition) is 3. The third-order valence-corrected chi connectivity index (χ3v) is 10.3. The van der Waals surface area contributed by atoms with Crippen molar-refractivity contribution in [1.82, 2.24) is 9.80 Å². The maximum absolute atomic E-state index is 7.28. The molecular weight excluding hydrogens is 344 g/mol. The van der Waals surface area contributed by atoms with Gasteiger partial charge >= 0.3 is 0 Å². The summed E-state index contributed by atoms with van der Waals surface area (Å²) in [5.41, 5.74) is 0. The molecule has 7 aliphatic rings. The van der Waals surface area contributed by atoms with E-state index >= 15 is 0 Å². The molecule has 2 aliphatic carbocycles. The molecule has 10 atom stereocenters. The quantitative estimate of drug-likeness (QED) is 0.589. The molecule has 0 aromatic heterocycles. The molecule has 0 N–H and O–H groups in total. The van der Waals surface area contributed by atoms with Crippen LogP contribution in [0.25, 0.3) is 0 Å². The highest BCUT2D eigenvalue weighted by Crippen LogP contribution is 2.55. The van der Waals surface area contributed by atoms with E-state index in [1.165, 1.54) is 90.4 Å². The molecule has 10 unspecified atom stereocenters. The van der Waals surface area contributed by atoms with Gasteiger partial charge in [-0.25, -0.2) is 0 Å². The normalized spacial score (nSPS) is 55.9. The molecule has 0 amide bonds. The molecule has 5 saturated heterocycles. The monoisotopic (exact) mass is 383 g/mol. The van der Waals surface area contributed by atoms with Crippen molar-refractivity contribution in [2.24, 2.45) is 35.5 Å². The van der Waals surface area contributed by atoms with Crippen LogP contribution in [0.2, 0.25) is 0 Å². The molecule has 28 heavy (non-hydrogen) atoms. The van der Waals surface area contributed by atoms with Gasteiger partial charge in [0.1, 0.15) is 24.0 Å². The maximum atomic E-state index is 7.28. The Labute approximate surface area is 171 Å². The van der Waals surface area contributed by atoms with E-state index < -0.39 is 0 Å². The van der Waals surface area contributed by atoms with Gasteiger partial charge in [0.15, 0.2) is 0 Å². The second kappa shape index (κ2) is 6.62. The summed E-state index contributed by atoms with van der Waals surface area (Å²) in [6.45, 7) is 5.47. The summed E-state index contributed by atoms with van der Waals surface area (Å²) in [5, 5.41) is 0. The van der Waals surface area contributed by atoms with Crippen molar-refractivity contribution in [2.45, 2.75) is 88.5 Å². The molecule has 0 spiro atoms. The molecule has 3 nitrogen and oxygen atoms in total. The van der Waals surface area contributed by atoms with Crippen molar-refractivity contribution >= 4 is 0 Å². The van der Waals surface area contributed by atoms with E-state index in [4.69, 9.17) is 4.74 Å². The van der Waals surface area contributed by atoms with Crippen LogP contribution < -0.4 is 0 Å². The number of ether oxygens (including phenoxy) is 1. The number of hydrogen-bond donors (Lipinski definition) is 0. The van der Waals surface area contributed by atoms with Crippen LogP contribution in [0.15, 0.2) is 0 Å². The van der Waals surface area contributed by atoms with E-state index in [9.17, 15) is 0 Å². The van der Waals surface area contributed by atoms with E-state index in [0.717, 1.165) is 47.6 Å². The number of rotatable bonds is 0. The first-order valence-corrected chi connectivity index (χ1v) is 12.9. The number of nitrogens with zero attached hydrogens (tertiary/aromatic N) is 2. The summed E-state index contributed by atoms with van der Waals surface area (Å²) in [4.78, 5) is 5.77. The van der Waals surface area contributed by atoms with E-state index in [2.05, 4.69) is 16.2 Å². The minimum atomic E-state index is 0.555. The molecule has 0 radical (unpaired) electrons. The molecular formula is C25H39N2O+. The lowest BCUT2D eigenvalue weighted by molar-refractivity contribution is -0.216. The summed E-state index contributed by atoms with van der Waals surface area (Å²) in [5.74, 6) is 5.13. The molecule has 5 heterocycles. The predicted molar refractivity (Wildman–Crippen MR) is 111 cm³/mol. The van der Waals surface area contributed by atoms with Gasteiger partial charge < -0.3 is 4.74 Å². The molecule has 0 bridgehead atoms. The van der Waals surface area contributed by atoms with Gasteiger partial charge in [-0.15, -0.1) is 0 Å². The highest BCUT2D eigenvalue weighted by Gasteiger charge is 2.61. The fourth-order valence-electron chi connectivity index (χ4n) is 9.63. The Kier molecular flexibility index (Phi) is 4.12. The molecule has 0 aromatic carbocycles. The van der Waals surface area contributed by atoms with E-state index in [0.29, 0.717) is 12.2 Å². The Bertz CT molecular complexity index is 555. The average Bonchev–Trinajstić information content (AvgIpc) is 2.74. The van der Waals surface area contributed by atoms with Crippen molar-refractivity contribution < 1.29 is 4.74 Å². The lowest BCUT2D eigenvalue weighted by Gasteiger charge is -2.60. The van der Waals surface area contributed by atoms with Crippen LogP contribution >= 0.6 is 0 Å². The molecule has 5 aliphatic heterocycles. The van der Waals surface area contributed by atoms with Gasteiger partial charge in [0.05, 0.1) is 6.42 Å². The third-order valence-electron chi connectivity index (χ3n) is 10.3. The molecule has 2 saturated carbocycles. The topological polar surface area (TPSA) is 15.7 Å². The largest absolute Gasteiger partial charge is 0.365 e. The van der Waals surface area contributed by atoms with E-state index in [1.54, 1.807) is 0 Å². The molecule has 7 rings (SSSR count). The fraction of sp³-hybridized carbons (Fsp3) is 0.960. The van der Waals surface area contributed by atoms with Gasteiger partial charge in [-0.1, -0.05) is 0 Å². The Morgan fingerprint density at radius 1 is 0.607 bits per heavy atom. The van der Waals surface area contributed by atoms with Gasteiger partial charge in [0.2, 0.25) is 0 Å². The van der Waals surface area contributed by atoms with Crippen molar-refractivity contribution in [3.63, 3.8) is 0 Å². The molecule has 0 aromatic rings. The lowest BCUT2D eigenvalue weighted by Crippen LogP contribution is -2.66. The lowest BCUT2D eigenvalue weighted by atomic mass is 9.56. The van der Waals surface area contributed by atoms with Crippen LogP contribution in [-0.2, 0) is 4.74 Å². The maximum Gasteiger partial charge on any atom is 0.125 e. The van der Waals surface area contributed by atoms with Crippen molar-refractivity contribution in [3.05, 3.63) is 6.42 Å². The number of fused-ring (bicyclic) bond motifs is 4. The van der Waals surface area contributed by atoms with Crippen LogP contribution in [-0.4, -0.2) is 60.3 Å². The van der Waals surface area contributed by atoms with Gasteiger partial charge in [0, 0.05) is 23.9 Å². The highest BCUT2D eigenvalue weighted by atomic mass is 16.5. The zero-order valence-corrected chi connectivity index (χ0v) is 17.6. The van der Waals surface area contributed by atoms with Gasteiger partial charge in [0.25, 0.3) is 0 Å². The van der Waals surface area contributed by atoms with Crippen LogP contribution in [0, 0.1) is 41.9 Å². The Hall–Kier alpha value is -0.250. The van der Waals surface area contributed by atoms with Crippen molar-refractivity contribution in [1.29, 1.82) is 0 Å². The predicted octanol–water partition coefficient (Wildman–Crippen LogP) is 3.98. The van der Waals surface area contributed by atoms with Gasteiger partial charge in [-0.05, 0) is 102 Å². The fourth-order valence-corrected chi connectivity index (χ4v) is 9.63. The summed E-state index contributed by atoms with van der Waals surface area (Å²) in [7, 11) is 0. The Morgan fingerprint density at radius 2 is 1.07 bits per heavy atom. The van der Waals surface area contributed by atoms with E-state index in [-0.39, 0.29) is 0 Å². The zero-order valence-electron chi connectivity index (χ0n) is 17.6. The molecule has 154 valence electrons. The van der Waals surface area contributed by atoms with Crippen LogP contribution in [0.4, 0.5) is 0 Å². The second-order valence-corrected chi connectivity index (χ2v) is 11.5. The van der Waals surface area contributed by atoms with Crippen molar-refractivity contribution in [3.8, 4) is 0 Å². The smallest absolute Gasteiger partial charge is 0.125 e.